The van der Waals surface area contributed by atoms with Crippen LogP contribution in [0.4, 0.5) is 0 Å². The fourth-order valence-corrected chi connectivity index (χ4v) is 7.17. The number of aliphatic imine (C=N–C) groups is 1. The van der Waals surface area contributed by atoms with Crippen LogP contribution < -0.4 is 60.2 Å². The zero-order chi connectivity index (χ0) is 54.1. The highest BCUT2D eigenvalue weighted by molar-refractivity contribution is 5.98. The van der Waals surface area contributed by atoms with Gasteiger partial charge in [0.2, 0.25) is 47.3 Å². The SMILES string of the molecule is CC[C@H](C)[C@H](NC(=O)[C@H](CC(C)C)NC(=O)[C@H](CCC(N)=O)NC(=O)[C@H](Cc1ccccc1)NC(=O)[C@H](CO)NC(=O)[C@H](Cc1ccccc1)NC(=O)[C@@H](NC(=O)[C@@H](N)CCCN=C(N)N)[C@@H](C)O)C(=O)O. The molecule has 0 aromatic heterocycles. The van der Waals surface area contributed by atoms with E-state index in [1.54, 1.807) is 88.4 Å². The third-order valence-electron chi connectivity index (χ3n) is 11.4. The van der Waals surface area contributed by atoms with Crippen LogP contribution in [0.15, 0.2) is 65.7 Å². The molecule has 8 amide bonds. The molecule has 0 bridgehead atoms. The van der Waals surface area contributed by atoms with Crippen molar-refractivity contribution in [3.63, 3.8) is 0 Å². The summed E-state index contributed by atoms with van der Waals surface area (Å²) in [5, 5.41) is 48.3. The van der Waals surface area contributed by atoms with Crippen molar-refractivity contribution in [2.75, 3.05) is 13.2 Å². The van der Waals surface area contributed by atoms with Crippen molar-refractivity contribution in [3.8, 4) is 0 Å². The first-order chi connectivity index (χ1) is 34.0. The van der Waals surface area contributed by atoms with E-state index < -0.39 is 127 Å². The summed E-state index contributed by atoms with van der Waals surface area (Å²) in [7, 11) is 0. The van der Waals surface area contributed by atoms with Gasteiger partial charge in [-0.2, -0.15) is 0 Å². The number of rotatable bonds is 32. The number of nitrogens with one attached hydrogen (secondary N) is 7. The van der Waals surface area contributed by atoms with E-state index in [1.165, 1.54) is 6.92 Å². The van der Waals surface area contributed by atoms with Crippen molar-refractivity contribution in [2.45, 2.75) is 140 Å². The molecule has 0 aliphatic heterocycles. The number of hydrogen-bond donors (Lipinski definition) is 14. The standard InChI is InChI=1S/C48H74N12O12/c1-6-27(4)38(47(71)72)59-44(68)33(22-26(2)3)55-41(65)32(19-20-37(50)63)54-42(66)34(23-29-14-9-7-10-15-29)56-45(69)36(25-61)58-43(67)35(24-30-16-11-8-12-17-30)57-46(70)39(28(5)62)60-40(64)31(49)18-13-21-53-48(51)52/h7-12,14-17,26-28,31-36,38-39,61-62H,6,13,18-25,49H2,1-5H3,(H2,50,63)(H,54,66)(H,55,65)(H,56,69)(H,57,70)(H,58,67)(H,59,68)(H,60,64)(H,71,72)(H4,51,52,53)/t27-,28+,31-,32-,33-,34-,35-,36-,38-,39-/m0/s1. The number of aliphatic hydroxyl groups is 2. The highest BCUT2D eigenvalue weighted by atomic mass is 16.4. The van der Waals surface area contributed by atoms with Crippen LogP contribution in [0.1, 0.15) is 84.3 Å². The zero-order valence-electron chi connectivity index (χ0n) is 41.5. The van der Waals surface area contributed by atoms with Gasteiger partial charge >= 0.3 is 5.97 Å². The molecule has 18 N–H and O–H groups in total. The largest absolute Gasteiger partial charge is 0.480 e. The Morgan fingerprint density at radius 3 is 1.49 bits per heavy atom. The van der Waals surface area contributed by atoms with Gasteiger partial charge in [0.05, 0.1) is 18.8 Å². The minimum Gasteiger partial charge on any atom is -0.480 e. The molecule has 0 heterocycles. The summed E-state index contributed by atoms with van der Waals surface area (Å²) in [4.78, 5) is 124. The van der Waals surface area contributed by atoms with Gasteiger partial charge in [-0.1, -0.05) is 94.8 Å². The van der Waals surface area contributed by atoms with Crippen LogP contribution in [0.5, 0.6) is 0 Å². The van der Waals surface area contributed by atoms with Crippen LogP contribution in [0.2, 0.25) is 0 Å². The topological polar surface area (TPSA) is 415 Å². The minimum atomic E-state index is -1.75. The number of guanidine groups is 1. The van der Waals surface area contributed by atoms with Gasteiger partial charge in [-0.05, 0) is 55.6 Å². The lowest BCUT2D eigenvalue weighted by atomic mass is 9.97. The number of hydrogen-bond acceptors (Lipinski definition) is 13. The van der Waals surface area contributed by atoms with Gasteiger partial charge in [0.1, 0.15) is 42.3 Å². The average Bonchev–Trinajstić information content (AvgIpc) is 3.32. The number of nitrogens with two attached hydrogens (primary N) is 4. The first-order valence-electron chi connectivity index (χ1n) is 23.8. The predicted molar refractivity (Wildman–Crippen MR) is 265 cm³/mol. The number of aliphatic hydroxyl groups excluding tert-OH is 2. The Hall–Kier alpha value is -7.18. The van der Waals surface area contributed by atoms with Crippen LogP contribution in [0.3, 0.4) is 0 Å². The zero-order valence-corrected chi connectivity index (χ0v) is 41.5. The summed E-state index contributed by atoms with van der Waals surface area (Å²) in [5.41, 5.74) is 23.2. The molecular weight excluding hydrogens is 937 g/mol. The summed E-state index contributed by atoms with van der Waals surface area (Å²) in [6, 6.07) is 5.20. The molecule has 0 fully saturated rings. The number of primary amides is 1. The third-order valence-corrected chi connectivity index (χ3v) is 11.4. The maximum absolute atomic E-state index is 14.2. The minimum absolute atomic E-state index is 0.0633. The molecule has 398 valence electrons. The third kappa shape index (κ3) is 21.9. The summed E-state index contributed by atoms with van der Waals surface area (Å²) in [6.07, 6.45) is -1.68. The van der Waals surface area contributed by atoms with Gasteiger partial charge in [0, 0.05) is 25.8 Å². The van der Waals surface area contributed by atoms with Crippen LogP contribution >= 0.6 is 0 Å². The molecule has 0 spiro atoms. The summed E-state index contributed by atoms with van der Waals surface area (Å²) in [5.74, 6) is -9.39. The van der Waals surface area contributed by atoms with Gasteiger partial charge in [-0.25, -0.2) is 4.79 Å². The van der Waals surface area contributed by atoms with Gasteiger partial charge in [-0.3, -0.25) is 43.3 Å². The number of carboxylic acid groups (broad SMARTS) is 1. The number of carboxylic acids is 1. The molecule has 24 heteroatoms. The first kappa shape index (κ1) is 60.9. The molecular formula is C48H74N12O12. The van der Waals surface area contributed by atoms with E-state index in [2.05, 4.69) is 42.2 Å². The van der Waals surface area contributed by atoms with Crippen molar-refractivity contribution in [3.05, 3.63) is 71.8 Å². The lowest BCUT2D eigenvalue weighted by Crippen LogP contribution is -2.62. The maximum atomic E-state index is 14.2. The Balaban J connectivity index is 2.42. The lowest BCUT2D eigenvalue weighted by Gasteiger charge is -2.28. The van der Waals surface area contributed by atoms with Gasteiger partial charge in [0.15, 0.2) is 5.96 Å². The van der Waals surface area contributed by atoms with Crippen molar-refractivity contribution < 1.29 is 58.5 Å². The van der Waals surface area contributed by atoms with Crippen LogP contribution in [0, 0.1) is 11.8 Å². The van der Waals surface area contributed by atoms with E-state index in [0.717, 1.165) is 0 Å². The molecule has 0 unspecified atom stereocenters. The second-order valence-corrected chi connectivity index (χ2v) is 18.0. The molecule has 0 radical (unpaired) electrons. The number of carbonyl (C=O) groups excluding carboxylic acids is 8. The Morgan fingerprint density at radius 1 is 0.583 bits per heavy atom. The quantitative estimate of drug-likeness (QED) is 0.0198. The van der Waals surface area contributed by atoms with E-state index in [4.69, 9.17) is 22.9 Å². The number of aliphatic carboxylic acids is 1. The van der Waals surface area contributed by atoms with Crippen LogP contribution in [0.25, 0.3) is 0 Å². The molecule has 0 saturated carbocycles. The van der Waals surface area contributed by atoms with Gasteiger partial charge < -0.3 is 75.5 Å². The Bertz CT molecular complexity index is 2140. The Morgan fingerprint density at radius 2 is 1.03 bits per heavy atom. The summed E-state index contributed by atoms with van der Waals surface area (Å²) < 4.78 is 0. The molecule has 72 heavy (non-hydrogen) atoms. The van der Waals surface area contributed by atoms with Crippen molar-refractivity contribution in [1.82, 2.24) is 37.2 Å². The van der Waals surface area contributed by atoms with E-state index in [9.17, 15) is 58.5 Å². The highest BCUT2D eigenvalue weighted by Crippen LogP contribution is 2.13. The monoisotopic (exact) mass is 1010 g/mol. The number of amides is 8. The highest BCUT2D eigenvalue weighted by Gasteiger charge is 2.36. The molecule has 0 saturated heterocycles. The Kier molecular flexibility index (Phi) is 26.4. The molecule has 2 aromatic carbocycles. The van der Waals surface area contributed by atoms with Gasteiger partial charge in [0.25, 0.3) is 0 Å². The van der Waals surface area contributed by atoms with E-state index in [0.29, 0.717) is 24.0 Å². The predicted octanol–water partition coefficient (Wildman–Crippen LogP) is -2.94. The fraction of sp³-hybridized carbons (Fsp3) is 0.542. The van der Waals surface area contributed by atoms with Crippen molar-refractivity contribution in [2.24, 2.45) is 39.8 Å². The fourth-order valence-electron chi connectivity index (χ4n) is 7.17. The smallest absolute Gasteiger partial charge is 0.326 e. The van der Waals surface area contributed by atoms with Crippen molar-refractivity contribution in [1.29, 1.82) is 0 Å². The second-order valence-electron chi connectivity index (χ2n) is 18.0. The molecule has 0 aliphatic carbocycles. The summed E-state index contributed by atoms with van der Waals surface area (Å²) in [6.45, 7) is 7.36. The molecule has 2 aromatic rings. The number of nitrogens with zero attached hydrogens (tertiary/aromatic N) is 1. The number of benzene rings is 2. The molecule has 10 atom stereocenters. The normalized spacial score (nSPS) is 15.2. The van der Waals surface area contributed by atoms with E-state index >= 15 is 0 Å². The average molecular weight is 1010 g/mol. The second kappa shape index (κ2) is 31.2. The molecule has 24 nitrogen and oxygen atoms in total. The van der Waals surface area contributed by atoms with E-state index in [-0.39, 0.29) is 50.5 Å². The Labute approximate surface area is 419 Å². The first-order valence-corrected chi connectivity index (χ1v) is 23.8. The summed E-state index contributed by atoms with van der Waals surface area (Å²) >= 11 is 0. The van der Waals surface area contributed by atoms with Gasteiger partial charge in [-0.15, -0.1) is 0 Å². The lowest BCUT2D eigenvalue weighted by molar-refractivity contribution is -0.144. The van der Waals surface area contributed by atoms with E-state index in [1.807, 2.05) is 0 Å². The maximum Gasteiger partial charge on any atom is 0.326 e. The molecule has 2 rings (SSSR count). The molecule has 0 aliphatic rings. The number of carbonyl (C=O) groups is 9. The van der Waals surface area contributed by atoms with Crippen molar-refractivity contribution >= 4 is 59.2 Å². The van der Waals surface area contributed by atoms with Crippen LogP contribution in [-0.4, -0.2) is 142 Å². The van der Waals surface area contributed by atoms with Crippen LogP contribution in [-0.2, 0) is 56.0 Å².